The van der Waals surface area contributed by atoms with Gasteiger partial charge >= 0.3 is 11.9 Å². The number of carbonyl (C=O) groups excluding carboxylic acids is 2. The van der Waals surface area contributed by atoms with Crippen molar-refractivity contribution in [3.8, 4) is 0 Å². The third kappa shape index (κ3) is 31.3. The Balaban J connectivity index is 0.000000386. The van der Waals surface area contributed by atoms with Crippen molar-refractivity contribution >= 4 is 48.8 Å². The van der Waals surface area contributed by atoms with E-state index in [0.29, 0.717) is 58.9 Å². The average Bonchev–Trinajstić information content (AvgIpc) is 0.792. The standard InChI is InChI=1S/C53H74O5Si.C35H58O2Si/c1-42(38-52(3,4)5)30-31-46(43(2)39-53(6,7)8)41-56-32-21-34-59(48-26-17-11-18-27-48,49-28-19-12-20-29-49)35-33-57-51(55)47(36-44-22-13-9-14-23-44)37-50(54)58-40-45-24-15-10-16-25-45;1-29(26-34(3,4)5)20-21-31(30(2)27-35(6,7)8)28-37-23-15-24-38(25-22-36,32-16-11-9-12-17-32)33-18-13-10-14-19-33/h9-20,22-29,42-43,46-47H,21,30-41H2,1-8H3;9-14,16-19,29-31,36H,15,20-28H2,1-8H3/t42?,43?,46?,47-;/m1./s1. The SMILES string of the molecule is CC(CCC(COCCC[Si](CCO)(c1ccccc1)c1ccccc1)C(C)CC(C)(C)C)CC(C)(C)C.CC(CCC(COCCC[Si](CCOC(=O)[C@@H](CC(=O)OCc1ccccc1)Cc1ccccc1)(c1ccccc1)c1ccccc1)C(C)CC(C)(C)C)CC(C)(C)C. The van der Waals surface area contributed by atoms with Crippen LogP contribution in [0.1, 0.15) is 193 Å². The zero-order valence-electron chi connectivity index (χ0n) is 63.5. The van der Waals surface area contributed by atoms with Crippen molar-refractivity contribution in [2.75, 3.05) is 39.6 Å². The Bertz CT molecular complexity index is 2960. The molecule has 9 heteroatoms. The molecular formula is C88H132O7Si2. The zero-order valence-corrected chi connectivity index (χ0v) is 65.5. The molecule has 0 aliphatic carbocycles. The molecule has 0 radical (unpaired) electrons. The van der Waals surface area contributed by atoms with E-state index in [2.05, 4.69) is 232 Å². The maximum atomic E-state index is 13.9. The van der Waals surface area contributed by atoms with Crippen molar-refractivity contribution in [2.24, 2.45) is 63.1 Å². The van der Waals surface area contributed by atoms with Gasteiger partial charge in [-0.2, -0.15) is 0 Å². The van der Waals surface area contributed by atoms with E-state index in [0.717, 1.165) is 73.9 Å². The molecule has 0 aliphatic heterocycles. The first kappa shape index (κ1) is 82.2. The zero-order chi connectivity index (χ0) is 71.0. The molecule has 7 nitrogen and oxygen atoms in total. The van der Waals surface area contributed by atoms with Gasteiger partial charge in [0.2, 0.25) is 0 Å². The highest BCUT2D eigenvalue weighted by Crippen LogP contribution is 2.36. The molecular weight excluding hydrogens is 1230 g/mol. The fourth-order valence-electron chi connectivity index (χ4n) is 15.6. The second-order valence-electron chi connectivity index (χ2n) is 34.0. The van der Waals surface area contributed by atoms with E-state index < -0.39 is 28.0 Å². The third-order valence-electron chi connectivity index (χ3n) is 19.8. The van der Waals surface area contributed by atoms with E-state index >= 15 is 0 Å². The Kier molecular flexibility index (Phi) is 35.1. The monoisotopic (exact) mass is 1360 g/mol. The lowest BCUT2D eigenvalue weighted by atomic mass is 9.76. The number of hydrogen-bond donors (Lipinski definition) is 1. The van der Waals surface area contributed by atoms with Gasteiger partial charge in [-0.1, -0.05) is 326 Å². The Morgan fingerprint density at radius 3 is 1.09 bits per heavy atom. The van der Waals surface area contributed by atoms with Crippen LogP contribution >= 0.6 is 0 Å². The van der Waals surface area contributed by atoms with Crippen LogP contribution in [0.25, 0.3) is 0 Å². The van der Waals surface area contributed by atoms with Crippen LogP contribution in [-0.2, 0) is 41.6 Å². The van der Waals surface area contributed by atoms with E-state index in [1.165, 1.54) is 72.1 Å². The maximum absolute atomic E-state index is 13.9. The summed E-state index contributed by atoms with van der Waals surface area (Å²) in [5.41, 5.74) is 3.25. The molecule has 0 spiro atoms. The van der Waals surface area contributed by atoms with Gasteiger partial charge < -0.3 is 24.1 Å². The van der Waals surface area contributed by atoms with Crippen LogP contribution in [0.5, 0.6) is 0 Å². The lowest BCUT2D eigenvalue weighted by Crippen LogP contribution is -2.58. The average molecular weight is 1360 g/mol. The summed E-state index contributed by atoms with van der Waals surface area (Å²) >= 11 is 0. The molecule has 6 unspecified atom stereocenters. The van der Waals surface area contributed by atoms with Crippen molar-refractivity contribution < 1.29 is 33.6 Å². The predicted octanol–water partition coefficient (Wildman–Crippen LogP) is 19.9. The van der Waals surface area contributed by atoms with Gasteiger partial charge in [0.05, 0.1) is 18.9 Å². The smallest absolute Gasteiger partial charge is 0.309 e. The largest absolute Gasteiger partial charge is 0.466 e. The van der Waals surface area contributed by atoms with Crippen LogP contribution in [0.4, 0.5) is 0 Å². The highest BCUT2D eigenvalue weighted by molar-refractivity contribution is 7.02. The number of aliphatic hydroxyl groups is 1. The van der Waals surface area contributed by atoms with E-state index in [1.54, 1.807) is 0 Å². The minimum atomic E-state index is -2.44. The Hall–Kier alpha value is -5.43. The quantitative estimate of drug-likeness (QED) is 0.0233. The van der Waals surface area contributed by atoms with Gasteiger partial charge in [0.15, 0.2) is 0 Å². The summed E-state index contributed by atoms with van der Waals surface area (Å²) in [6.45, 7) is 41.8. The first-order valence-corrected chi connectivity index (χ1v) is 42.2. The molecule has 0 heterocycles. The molecule has 0 aromatic heterocycles. The van der Waals surface area contributed by atoms with Crippen LogP contribution in [-0.4, -0.2) is 72.8 Å². The molecule has 97 heavy (non-hydrogen) atoms. The third-order valence-corrected chi connectivity index (χ3v) is 30.1. The molecule has 6 aromatic carbocycles. The van der Waals surface area contributed by atoms with Gasteiger partial charge in [-0.3, -0.25) is 9.59 Å². The molecule has 1 N–H and O–H groups in total. The number of ether oxygens (including phenoxy) is 4. The van der Waals surface area contributed by atoms with Gasteiger partial charge in [-0.15, -0.1) is 0 Å². The van der Waals surface area contributed by atoms with Crippen LogP contribution in [0.3, 0.4) is 0 Å². The number of hydrogen-bond acceptors (Lipinski definition) is 7. The van der Waals surface area contributed by atoms with Crippen LogP contribution in [0, 0.1) is 63.1 Å². The summed E-state index contributed by atoms with van der Waals surface area (Å²) < 4.78 is 24.9. The number of aliphatic hydroxyl groups excluding tert-OH is 1. The van der Waals surface area contributed by atoms with E-state index in [9.17, 15) is 14.7 Å². The number of benzene rings is 6. The van der Waals surface area contributed by atoms with E-state index in [4.69, 9.17) is 18.9 Å². The fourth-order valence-corrected chi connectivity index (χ4v) is 24.7. The minimum absolute atomic E-state index is 0.0390. The molecule has 6 aromatic rings. The summed E-state index contributed by atoms with van der Waals surface area (Å²) in [7, 11) is -4.50. The summed E-state index contributed by atoms with van der Waals surface area (Å²) in [6.07, 6.45) is 12.3. The van der Waals surface area contributed by atoms with Crippen molar-refractivity contribution in [1.82, 2.24) is 0 Å². The minimum Gasteiger partial charge on any atom is -0.466 e. The molecule has 0 saturated carbocycles. The summed E-state index contributed by atoms with van der Waals surface area (Å²) in [4.78, 5) is 27.1. The number of rotatable bonds is 40. The molecule has 0 aliphatic rings. The van der Waals surface area contributed by atoms with E-state index in [1.807, 2.05) is 60.7 Å². The molecule has 6 rings (SSSR count). The molecule has 0 saturated heterocycles. The summed E-state index contributed by atoms with van der Waals surface area (Å²) in [5.74, 6) is 2.42. The van der Waals surface area contributed by atoms with Gasteiger partial charge in [-0.05, 0) is 150 Å². The van der Waals surface area contributed by atoms with Crippen LogP contribution < -0.4 is 20.7 Å². The lowest BCUT2D eigenvalue weighted by molar-refractivity contribution is -0.155. The normalized spacial score (nSPS) is 14.6. The second kappa shape index (κ2) is 41.3. The van der Waals surface area contributed by atoms with Gasteiger partial charge in [0.1, 0.15) is 22.8 Å². The van der Waals surface area contributed by atoms with Gasteiger partial charge in [0, 0.05) is 33.0 Å². The van der Waals surface area contributed by atoms with Crippen molar-refractivity contribution in [1.29, 1.82) is 0 Å². The van der Waals surface area contributed by atoms with Crippen molar-refractivity contribution in [2.45, 2.75) is 219 Å². The van der Waals surface area contributed by atoms with Gasteiger partial charge in [0.25, 0.3) is 0 Å². The predicted molar refractivity (Wildman–Crippen MR) is 417 cm³/mol. The molecule has 7 atom stereocenters. The molecule has 0 bridgehead atoms. The second-order valence-corrected chi connectivity index (χ2v) is 42.7. The van der Waals surface area contributed by atoms with Crippen molar-refractivity contribution in [3.63, 3.8) is 0 Å². The topological polar surface area (TPSA) is 91.3 Å². The van der Waals surface area contributed by atoms with Crippen LogP contribution in [0.2, 0.25) is 24.2 Å². The van der Waals surface area contributed by atoms with Crippen LogP contribution in [0.15, 0.2) is 182 Å². The van der Waals surface area contributed by atoms with Crippen molar-refractivity contribution in [3.05, 3.63) is 193 Å². The van der Waals surface area contributed by atoms with Gasteiger partial charge in [-0.25, -0.2) is 0 Å². The first-order chi connectivity index (χ1) is 46.0. The highest BCUT2D eigenvalue weighted by atomic mass is 28.3. The lowest BCUT2D eigenvalue weighted by Gasteiger charge is -2.34. The first-order valence-electron chi connectivity index (χ1n) is 37.4. The Morgan fingerprint density at radius 1 is 0.402 bits per heavy atom. The fraction of sp³-hybridized carbons (Fsp3) is 0.568. The molecule has 0 amide bonds. The number of esters is 2. The maximum Gasteiger partial charge on any atom is 0.309 e. The molecule has 534 valence electrons. The Labute approximate surface area is 593 Å². The summed E-state index contributed by atoms with van der Waals surface area (Å²) in [5, 5.41) is 15.6. The Morgan fingerprint density at radius 2 is 0.742 bits per heavy atom. The number of carbonyl (C=O) groups is 2. The van der Waals surface area contributed by atoms with E-state index in [-0.39, 0.29) is 37.6 Å². The molecule has 0 fully saturated rings. The summed E-state index contributed by atoms with van der Waals surface area (Å²) in [6, 6.07) is 66.7. The highest BCUT2D eigenvalue weighted by Gasteiger charge is 2.39.